The Balaban J connectivity index is 1.45. The molecule has 3 aromatic carbocycles. The van der Waals surface area contributed by atoms with Gasteiger partial charge in [0, 0.05) is 42.3 Å². The zero-order valence-electron chi connectivity index (χ0n) is 18.5. The summed E-state index contributed by atoms with van der Waals surface area (Å²) in [6.07, 6.45) is 0. The van der Waals surface area contributed by atoms with Crippen molar-refractivity contribution in [2.45, 2.75) is 13.0 Å². The van der Waals surface area contributed by atoms with Gasteiger partial charge in [-0.15, -0.1) is 0 Å². The van der Waals surface area contributed by atoms with Crippen molar-refractivity contribution < 1.29 is 14.3 Å². The number of para-hydroxylation sites is 2. The van der Waals surface area contributed by atoms with Gasteiger partial charge in [-0.2, -0.15) is 0 Å². The average molecular weight is 462 g/mol. The summed E-state index contributed by atoms with van der Waals surface area (Å²) in [5.41, 5.74) is 2.32. The van der Waals surface area contributed by atoms with Crippen LogP contribution < -0.4 is 9.47 Å². The van der Waals surface area contributed by atoms with Gasteiger partial charge in [0.2, 0.25) is 0 Å². The molecule has 6 nitrogen and oxygen atoms in total. The fourth-order valence-electron chi connectivity index (χ4n) is 4.28. The number of carbonyl (C=O) groups excluding carboxylic acids is 1. The lowest BCUT2D eigenvalue weighted by atomic mass is 10.1. The molecule has 2 heterocycles. The number of methoxy groups -OCH3 is 1. The first kappa shape index (κ1) is 21.3. The van der Waals surface area contributed by atoms with Crippen LogP contribution >= 0.6 is 11.6 Å². The van der Waals surface area contributed by atoms with Gasteiger partial charge in [-0.1, -0.05) is 23.7 Å². The van der Waals surface area contributed by atoms with E-state index in [0.29, 0.717) is 41.7 Å². The number of hydrogen-bond acceptors (Lipinski definition) is 5. The fraction of sp³-hybridized carbons (Fsp3) is 0.231. The number of rotatable bonds is 2. The highest BCUT2D eigenvalue weighted by atomic mass is 35.5. The van der Waals surface area contributed by atoms with Crippen molar-refractivity contribution in [1.82, 2.24) is 9.80 Å². The minimum absolute atomic E-state index is 0.00532. The van der Waals surface area contributed by atoms with Gasteiger partial charge < -0.3 is 19.3 Å². The second-order valence-corrected chi connectivity index (χ2v) is 8.60. The molecule has 3 aromatic rings. The average Bonchev–Trinajstić information content (AvgIpc) is 3.00. The number of fused-ring (bicyclic) bond motifs is 2. The van der Waals surface area contributed by atoms with E-state index in [4.69, 9.17) is 26.1 Å². The standard InChI is InChI=1S/C26H24ClN3O3/c1-17-16-29(13-14-30(17)26(31)18-7-9-19(27)10-8-18)25-21-12-11-20(32-2)15-24(21)33-23-6-4-3-5-22(23)28-25/h3-12,15,17H,13-14,16H2,1-2H3/t17-/m1/s1. The predicted molar refractivity (Wildman–Crippen MR) is 129 cm³/mol. The molecule has 2 aliphatic heterocycles. The molecular weight excluding hydrogens is 438 g/mol. The number of hydrogen-bond donors (Lipinski definition) is 0. The summed E-state index contributed by atoms with van der Waals surface area (Å²) in [4.78, 5) is 22.2. The number of nitrogens with zero attached hydrogens (tertiary/aromatic N) is 3. The monoisotopic (exact) mass is 461 g/mol. The van der Waals surface area contributed by atoms with Gasteiger partial charge in [0.05, 0.1) is 12.7 Å². The van der Waals surface area contributed by atoms with Gasteiger partial charge in [-0.25, -0.2) is 4.99 Å². The maximum absolute atomic E-state index is 13.1. The molecule has 0 radical (unpaired) electrons. The SMILES string of the molecule is COc1ccc2c(c1)Oc1ccccc1N=C2N1CCN(C(=O)c2ccc(Cl)cc2)[C@H](C)C1. The molecule has 0 bridgehead atoms. The first-order valence-electron chi connectivity index (χ1n) is 10.9. The smallest absolute Gasteiger partial charge is 0.254 e. The van der Waals surface area contributed by atoms with Crippen LogP contribution in [0.15, 0.2) is 71.7 Å². The van der Waals surface area contributed by atoms with Crippen LogP contribution in [0.25, 0.3) is 0 Å². The zero-order valence-corrected chi connectivity index (χ0v) is 19.2. The summed E-state index contributed by atoms with van der Waals surface area (Å²) in [5, 5.41) is 0.619. The van der Waals surface area contributed by atoms with E-state index in [0.717, 1.165) is 22.8 Å². The molecule has 0 aromatic heterocycles. The zero-order chi connectivity index (χ0) is 22.9. The van der Waals surface area contributed by atoms with Crippen molar-refractivity contribution in [2.75, 3.05) is 26.7 Å². The first-order valence-corrected chi connectivity index (χ1v) is 11.3. The summed E-state index contributed by atoms with van der Waals surface area (Å²) < 4.78 is 11.6. The summed E-state index contributed by atoms with van der Waals surface area (Å²) in [6, 6.07) is 20.6. The lowest BCUT2D eigenvalue weighted by Gasteiger charge is -2.41. The molecule has 1 fully saturated rings. The van der Waals surface area contributed by atoms with E-state index < -0.39 is 0 Å². The number of aliphatic imine (C=N–C) groups is 1. The van der Waals surface area contributed by atoms with Crippen molar-refractivity contribution in [3.05, 3.63) is 82.9 Å². The van der Waals surface area contributed by atoms with Crippen molar-refractivity contribution in [2.24, 2.45) is 4.99 Å². The van der Waals surface area contributed by atoms with Crippen LogP contribution in [0.2, 0.25) is 5.02 Å². The Labute approximate surface area is 198 Å². The van der Waals surface area contributed by atoms with Gasteiger partial charge in [0.15, 0.2) is 5.75 Å². The second-order valence-electron chi connectivity index (χ2n) is 8.17. The van der Waals surface area contributed by atoms with Crippen molar-refractivity contribution in [3.63, 3.8) is 0 Å². The van der Waals surface area contributed by atoms with Crippen molar-refractivity contribution in [1.29, 1.82) is 0 Å². The number of halogens is 1. The van der Waals surface area contributed by atoms with E-state index in [1.807, 2.05) is 47.4 Å². The molecule has 0 aliphatic carbocycles. The number of piperazine rings is 1. The highest BCUT2D eigenvalue weighted by molar-refractivity contribution is 6.30. The lowest BCUT2D eigenvalue weighted by Crippen LogP contribution is -2.55. The summed E-state index contributed by atoms with van der Waals surface area (Å²) in [5.74, 6) is 2.97. The topological polar surface area (TPSA) is 54.4 Å². The van der Waals surface area contributed by atoms with Crippen LogP contribution in [0, 0.1) is 0 Å². The third-order valence-electron chi connectivity index (χ3n) is 6.02. The summed E-state index contributed by atoms with van der Waals surface area (Å²) in [7, 11) is 1.64. The first-order chi connectivity index (χ1) is 16.0. The predicted octanol–water partition coefficient (Wildman–Crippen LogP) is 5.38. The Bertz CT molecular complexity index is 1230. The maximum Gasteiger partial charge on any atom is 0.254 e. The number of amides is 1. The molecular formula is C26H24ClN3O3. The molecule has 1 atom stereocenters. The second kappa shape index (κ2) is 8.79. The Kier molecular flexibility index (Phi) is 5.68. The van der Waals surface area contributed by atoms with E-state index in [-0.39, 0.29) is 11.9 Å². The fourth-order valence-corrected chi connectivity index (χ4v) is 4.40. The molecule has 7 heteroatoms. The quantitative estimate of drug-likeness (QED) is 0.514. The van der Waals surface area contributed by atoms with Gasteiger partial charge >= 0.3 is 0 Å². The van der Waals surface area contributed by atoms with Crippen molar-refractivity contribution in [3.8, 4) is 17.2 Å². The third kappa shape index (κ3) is 4.14. The van der Waals surface area contributed by atoms with E-state index in [9.17, 15) is 4.79 Å². The summed E-state index contributed by atoms with van der Waals surface area (Å²) in [6.45, 7) is 3.98. The van der Waals surface area contributed by atoms with Crippen LogP contribution in [0.5, 0.6) is 17.2 Å². The summed E-state index contributed by atoms with van der Waals surface area (Å²) >= 11 is 5.98. The van der Waals surface area contributed by atoms with Crippen LogP contribution in [-0.4, -0.2) is 54.3 Å². The molecule has 0 spiro atoms. The molecule has 2 aliphatic rings. The van der Waals surface area contributed by atoms with Crippen LogP contribution in [0.1, 0.15) is 22.8 Å². The number of amidine groups is 1. The molecule has 1 amide bonds. The Morgan fingerprint density at radius 2 is 1.85 bits per heavy atom. The molecule has 5 rings (SSSR count). The van der Waals surface area contributed by atoms with E-state index in [2.05, 4.69) is 11.8 Å². The maximum atomic E-state index is 13.1. The normalized spacial score (nSPS) is 17.3. The highest BCUT2D eigenvalue weighted by Gasteiger charge is 2.32. The minimum Gasteiger partial charge on any atom is -0.497 e. The Morgan fingerprint density at radius 3 is 2.61 bits per heavy atom. The third-order valence-corrected chi connectivity index (χ3v) is 6.27. The Hall–Kier alpha value is -3.51. The molecule has 0 saturated carbocycles. The van der Waals surface area contributed by atoms with Crippen LogP contribution in [0.4, 0.5) is 5.69 Å². The molecule has 33 heavy (non-hydrogen) atoms. The van der Waals surface area contributed by atoms with E-state index >= 15 is 0 Å². The van der Waals surface area contributed by atoms with Gasteiger partial charge in [-0.3, -0.25) is 4.79 Å². The van der Waals surface area contributed by atoms with E-state index in [1.165, 1.54) is 0 Å². The van der Waals surface area contributed by atoms with Gasteiger partial charge in [-0.05, 0) is 55.5 Å². The Morgan fingerprint density at radius 1 is 1.06 bits per heavy atom. The number of carbonyl (C=O) groups is 1. The molecule has 0 N–H and O–H groups in total. The number of benzene rings is 3. The number of ether oxygens (including phenoxy) is 2. The van der Waals surface area contributed by atoms with Crippen LogP contribution in [-0.2, 0) is 0 Å². The molecule has 0 unspecified atom stereocenters. The van der Waals surface area contributed by atoms with Crippen LogP contribution in [0.3, 0.4) is 0 Å². The molecule has 1 saturated heterocycles. The minimum atomic E-state index is 0.00532. The van der Waals surface area contributed by atoms with Gasteiger partial charge in [0.1, 0.15) is 23.0 Å². The molecule has 168 valence electrons. The lowest BCUT2D eigenvalue weighted by molar-refractivity contribution is 0.0581. The van der Waals surface area contributed by atoms with Crippen molar-refractivity contribution >= 4 is 29.0 Å². The van der Waals surface area contributed by atoms with E-state index in [1.54, 1.807) is 31.4 Å². The highest BCUT2D eigenvalue weighted by Crippen LogP contribution is 2.39. The largest absolute Gasteiger partial charge is 0.497 e. The van der Waals surface area contributed by atoms with Gasteiger partial charge in [0.25, 0.3) is 5.91 Å².